The molecule has 0 amide bonds. The van der Waals surface area contributed by atoms with E-state index in [1.54, 1.807) is 19.2 Å². The second kappa shape index (κ2) is 11.1. The SMILES string of the molecule is CCSC1(CNC(=NC)NCc2ccc(F)cc2)CCOCC1.I. The highest BCUT2D eigenvalue weighted by Gasteiger charge is 2.32. The van der Waals surface area contributed by atoms with Crippen molar-refractivity contribution in [3.63, 3.8) is 0 Å². The van der Waals surface area contributed by atoms with E-state index in [1.165, 1.54) is 12.1 Å². The number of hydrogen-bond acceptors (Lipinski definition) is 3. The van der Waals surface area contributed by atoms with Gasteiger partial charge >= 0.3 is 0 Å². The summed E-state index contributed by atoms with van der Waals surface area (Å²) in [4.78, 5) is 4.28. The number of hydrogen-bond donors (Lipinski definition) is 2. The van der Waals surface area contributed by atoms with Crippen molar-refractivity contribution in [2.45, 2.75) is 31.1 Å². The van der Waals surface area contributed by atoms with Crippen LogP contribution in [0.15, 0.2) is 29.3 Å². The van der Waals surface area contributed by atoms with E-state index in [0.29, 0.717) is 6.54 Å². The zero-order chi connectivity index (χ0) is 16.5. The summed E-state index contributed by atoms with van der Waals surface area (Å²) in [6.45, 7) is 5.35. The maximum atomic E-state index is 12.9. The molecule has 0 aliphatic carbocycles. The van der Waals surface area contributed by atoms with E-state index in [2.05, 4.69) is 22.5 Å². The Morgan fingerprint density at radius 3 is 2.50 bits per heavy atom. The lowest BCUT2D eigenvalue weighted by Crippen LogP contribution is -2.48. The van der Waals surface area contributed by atoms with Gasteiger partial charge in [-0.15, -0.1) is 24.0 Å². The third-order valence-electron chi connectivity index (χ3n) is 4.03. The number of ether oxygens (including phenoxy) is 1. The van der Waals surface area contributed by atoms with Crippen molar-refractivity contribution in [3.05, 3.63) is 35.6 Å². The predicted molar refractivity (Wildman–Crippen MR) is 111 cm³/mol. The molecule has 0 atom stereocenters. The van der Waals surface area contributed by atoms with Gasteiger partial charge in [0.05, 0.1) is 0 Å². The Kier molecular flexibility index (Phi) is 9.99. The van der Waals surface area contributed by atoms with Gasteiger partial charge in [0.25, 0.3) is 0 Å². The van der Waals surface area contributed by atoms with Crippen molar-refractivity contribution in [1.82, 2.24) is 10.6 Å². The topological polar surface area (TPSA) is 45.7 Å². The van der Waals surface area contributed by atoms with E-state index in [4.69, 9.17) is 4.74 Å². The van der Waals surface area contributed by atoms with Crippen LogP contribution >= 0.6 is 35.7 Å². The largest absolute Gasteiger partial charge is 0.381 e. The summed E-state index contributed by atoms with van der Waals surface area (Å²) in [6.07, 6.45) is 2.13. The second-order valence-corrected chi connectivity index (χ2v) is 7.37. The lowest BCUT2D eigenvalue weighted by Gasteiger charge is -2.37. The van der Waals surface area contributed by atoms with Crippen LogP contribution in [0, 0.1) is 5.82 Å². The Hall–Kier alpha value is -0.540. The van der Waals surface area contributed by atoms with Gasteiger partial charge in [-0.2, -0.15) is 11.8 Å². The highest BCUT2D eigenvalue weighted by molar-refractivity contribution is 14.0. The first-order valence-electron chi connectivity index (χ1n) is 8.08. The zero-order valence-corrected chi connectivity index (χ0v) is 17.5. The number of halogens is 2. The number of thioether (sulfide) groups is 1. The van der Waals surface area contributed by atoms with Crippen molar-refractivity contribution < 1.29 is 9.13 Å². The van der Waals surface area contributed by atoms with E-state index in [-0.39, 0.29) is 34.5 Å². The van der Waals surface area contributed by atoms with Gasteiger partial charge in [-0.3, -0.25) is 4.99 Å². The molecule has 1 aromatic rings. The van der Waals surface area contributed by atoms with Gasteiger partial charge in [-0.25, -0.2) is 4.39 Å². The van der Waals surface area contributed by atoms with E-state index in [0.717, 1.165) is 49.9 Å². The predicted octanol–water partition coefficient (Wildman–Crippen LogP) is 3.41. The summed E-state index contributed by atoms with van der Waals surface area (Å²) in [5, 5.41) is 6.71. The molecule has 4 nitrogen and oxygen atoms in total. The number of nitrogens with one attached hydrogen (secondary N) is 2. The molecule has 0 saturated carbocycles. The Bertz CT molecular complexity index is 502. The summed E-state index contributed by atoms with van der Waals surface area (Å²) in [5.74, 6) is 1.66. The fourth-order valence-corrected chi connectivity index (χ4v) is 3.92. The van der Waals surface area contributed by atoms with Gasteiger partial charge in [0.1, 0.15) is 5.82 Å². The second-order valence-electron chi connectivity index (χ2n) is 5.63. The summed E-state index contributed by atoms with van der Waals surface area (Å²) < 4.78 is 18.6. The van der Waals surface area contributed by atoms with E-state index >= 15 is 0 Å². The van der Waals surface area contributed by atoms with Crippen LogP contribution < -0.4 is 10.6 Å². The van der Waals surface area contributed by atoms with Gasteiger partial charge in [0.2, 0.25) is 0 Å². The average Bonchev–Trinajstić information content (AvgIpc) is 2.58. The maximum Gasteiger partial charge on any atom is 0.191 e. The van der Waals surface area contributed by atoms with E-state index in [1.807, 2.05) is 11.8 Å². The molecule has 1 fully saturated rings. The molecule has 1 aliphatic rings. The zero-order valence-electron chi connectivity index (χ0n) is 14.3. The van der Waals surface area contributed by atoms with Crippen molar-refractivity contribution in [2.24, 2.45) is 4.99 Å². The van der Waals surface area contributed by atoms with Gasteiger partial charge in [0.15, 0.2) is 5.96 Å². The molecule has 24 heavy (non-hydrogen) atoms. The van der Waals surface area contributed by atoms with Crippen LogP contribution in [0.4, 0.5) is 4.39 Å². The summed E-state index contributed by atoms with van der Waals surface area (Å²) in [6, 6.07) is 6.51. The number of aliphatic imine (C=N–C) groups is 1. The quantitative estimate of drug-likeness (QED) is 0.383. The first-order chi connectivity index (χ1) is 11.2. The lowest BCUT2D eigenvalue weighted by molar-refractivity contribution is 0.0782. The van der Waals surface area contributed by atoms with E-state index < -0.39 is 0 Å². The van der Waals surface area contributed by atoms with Gasteiger partial charge < -0.3 is 15.4 Å². The molecule has 0 aromatic heterocycles. The van der Waals surface area contributed by atoms with Crippen molar-refractivity contribution in [1.29, 1.82) is 0 Å². The first-order valence-corrected chi connectivity index (χ1v) is 9.07. The lowest BCUT2D eigenvalue weighted by atomic mass is 9.99. The molecule has 136 valence electrons. The highest BCUT2D eigenvalue weighted by Crippen LogP contribution is 2.34. The van der Waals surface area contributed by atoms with Crippen LogP contribution in [0.1, 0.15) is 25.3 Å². The number of nitrogens with zero attached hydrogens (tertiary/aromatic N) is 1. The fraction of sp³-hybridized carbons (Fsp3) is 0.588. The molecule has 2 N–H and O–H groups in total. The van der Waals surface area contributed by atoms with Crippen molar-refractivity contribution in [3.8, 4) is 0 Å². The molecular formula is C17H27FIN3OS. The van der Waals surface area contributed by atoms with Crippen molar-refractivity contribution in [2.75, 3.05) is 32.6 Å². The standard InChI is InChI=1S/C17H26FN3OS.HI/c1-3-23-17(8-10-22-11-9-17)13-21-16(19-2)20-12-14-4-6-15(18)7-5-14;/h4-7H,3,8-13H2,1-2H3,(H2,19,20,21);1H. The van der Waals surface area contributed by atoms with Gasteiger partial charge in [-0.1, -0.05) is 19.1 Å². The van der Waals surface area contributed by atoms with Gasteiger partial charge in [0, 0.05) is 38.1 Å². The van der Waals surface area contributed by atoms with Gasteiger partial charge in [-0.05, 0) is 36.3 Å². The summed E-state index contributed by atoms with van der Waals surface area (Å²) >= 11 is 2.00. The van der Waals surface area contributed by atoms with Crippen LogP contribution in [-0.4, -0.2) is 43.3 Å². The summed E-state index contributed by atoms with van der Waals surface area (Å²) in [5.41, 5.74) is 1.03. The molecule has 1 aromatic carbocycles. The molecule has 0 bridgehead atoms. The fourth-order valence-electron chi connectivity index (χ4n) is 2.68. The Morgan fingerprint density at radius 1 is 1.25 bits per heavy atom. The number of rotatable bonds is 6. The number of guanidine groups is 1. The normalized spacial score (nSPS) is 17.0. The third-order valence-corrected chi connectivity index (χ3v) is 5.48. The van der Waals surface area contributed by atoms with E-state index in [9.17, 15) is 4.39 Å². The minimum absolute atomic E-state index is 0. The average molecular weight is 467 g/mol. The van der Waals surface area contributed by atoms with Crippen LogP contribution in [0.25, 0.3) is 0 Å². The Morgan fingerprint density at radius 2 is 1.92 bits per heavy atom. The van der Waals surface area contributed by atoms with Crippen molar-refractivity contribution >= 4 is 41.7 Å². The maximum absolute atomic E-state index is 12.9. The van der Waals surface area contributed by atoms with Crippen LogP contribution in [0.2, 0.25) is 0 Å². The molecule has 0 radical (unpaired) electrons. The summed E-state index contributed by atoms with van der Waals surface area (Å²) in [7, 11) is 1.77. The Labute approximate surface area is 165 Å². The molecule has 1 aliphatic heterocycles. The first kappa shape index (κ1) is 21.5. The minimum atomic E-state index is -0.214. The molecule has 1 saturated heterocycles. The van der Waals surface area contributed by atoms with Crippen LogP contribution in [-0.2, 0) is 11.3 Å². The molecule has 7 heteroatoms. The third kappa shape index (κ3) is 6.76. The number of benzene rings is 1. The van der Waals surface area contributed by atoms with Crippen LogP contribution in [0.5, 0.6) is 0 Å². The molecule has 1 heterocycles. The minimum Gasteiger partial charge on any atom is -0.381 e. The molecule has 0 spiro atoms. The highest BCUT2D eigenvalue weighted by atomic mass is 127. The Balaban J connectivity index is 0.00000288. The monoisotopic (exact) mass is 467 g/mol. The smallest absolute Gasteiger partial charge is 0.191 e. The molecule has 2 rings (SSSR count). The van der Waals surface area contributed by atoms with Crippen LogP contribution in [0.3, 0.4) is 0 Å². The molecular weight excluding hydrogens is 440 g/mol. The molecule has 0 unspecified atom stereocenters.